The zero-order chi connectivity index (χ0) is 17.5. The fourth-order valence-electron chi connectivity index (χ4n) is 1.92. The van der Waals surface area contributed by atoms with Gasteiger partial charge in [-0.15, -0.1) is 0 Å². The molecule has 124 valence electrons. The Hall–Kier alpha value is -1.16. The Morgan fingerprint density at radius 2 is 1.83 bits per heavy atom. The van der Waals surface area contributed by atoms with E-state index in [1.165, 1.54) is 0 Å². The molecule has 0 spiro atoms. The van der Waals surface area contributed by atoms with Crippen molar-refractivity contribution in [3.05, 3.63) is 39.0 Å². The molecule has 0 fully saturated rings. The highest BCUT2D eigenvalue weighted by Crippen LogP contribution is 2.38. The lowest BCUT2D eigenvalue weighted by Crippen LogP contribution is -2.13. The van der Waals surface area contributed by atoms with Crippen LogP contribution >= 0.6 is 48.0 Å². The van der Waals surface area contributed by atoms with Gasteiger partial charge in [0.15, 0.2) is 0 Å². The van der Waals surface area contributed by atoms with Gasteiger partial charge in [0.2, 0.25) is 0 Å². The normalized spacial score (nSPS) is 11.7. The average Bonchev–Trinajstić information content (AvgIpc) is 2.74. The molecule has 1 aromatic heterocycles. The molecule has 4 nitrogen and oxygen atoms in total. The van der Waals surface area contributed by atoms with Crippen molar-refractivity contribution in [1.29, 1.82) is 0 Å². The number of aromatic nitrogens is 2. The maximum Gasteiger partial charge on any atom is 0.416 e. The number of anilines is 1. The summed E-state index contributed by atoms with van der Waals surface area (Å²) in [5.74, 6) is 0.264. The predicted molar refractivity (Wildman–Crippen MR) is 91.6 cm³/mol. The van der Waals surface area contributed by atoms with E-state index in [0.717, 1.165) is 16.8 Å². The Morgan fingerprint density at radius 3 is 2.17 bits per heavy atom. The van der Waals surface area contributed by atoms with Crippen LogP contribution in [-0.4, -0.2) is 14.8 Å². The number of nitrogens with zero attached hydrogens (tertiary/aromatic N) is 2. The summed E-state index contributed by atoms with van der Waals surface area (Å²) in [6.07, 6.45) is -4.58. The van der Waals surface area contributed by atoms with Crippen molar-refractivity contribution in [2.24, 2.45) is 5.73 Å². The minimum absolute atomic E-state index is 0.00404. The molecule has 0 bridgehead atoms. The number of alkyl halides is 3. The van der Waals surface area contributed by atoms with Gasteiger partial charge in [-0.1, -0.05) is 35.4 Å². The van der Waals surface area contributed by atoms with Crippen LogP contribution in [0.4, 0.5) is 19.0 Å². The summed E-state index contributed by atoms with van der Waals surface area (Å²) in [5.41, 5.74) is 11.2. The molecule has 0 aliphatic rings. The van der Waals surface area contributed by atoms with Gasteiger partial charge in [0.25, 0.3) is 0 Å². The van der Waals surface area contributed by atoms with E-state index in [2.05, 4.69) is 17.7 Å². The van der Waals surface area contributed by atoms with Crippen LogP contribution in [0.1, 0.15) is 16.8 Å². The van der Waals surface area contributed by atoms with Crippen molar-refractivity contribution in [3.8, 4) is 5.69 Å². The number of thiol groups is 1. The SMILES string of the molecule is NC(=S)c1nn(-c2c(Cl)cc(C(F)(F)F)cc2Cl)c(N)c1CS. The van der Waals surface area contributed by atoms with Gasteiger partial charge in [0.1, 0.15) is 22.2 Å². The van der Waals surface area contributed by atoms with Crippen molar-refractivity contribution in [3.63, 3.8) is 0 Å². The smallest absolute Gasteiger partial charge is 0.388 e. The van der Waals surface area contributed by atoms with Crippen LogP contribution < -0.4 is 11.5 Å². The summed E-state index contributed by atoms with van der Waals surface area (Å²) >= 11 is 20.9. The van der Waals surface area contributed by atoms with E-state index >= 15 is 0 Å². The first-order valence-corrected chi connectivity index (χ1v) is 7.72. The Labute approximate surface area is 149 Å². The quantitative estimate of drug-likeness (QED) is 0.540. The molecule has 2 rings (SSSR count). The lowest BCUT2D eigenvalue weighted by Gasteiger charge is -2.13. The van der Waals surface area contributed by atoms with Crippen LogP contribution in [0.2, 0.25) is 10.0 Å². The molecule has 0 radical (unpaired) electrons. The van der Waals surface area contributed by atoms with Gasteiger partial charge in [-0.05, 0) is 12.1 Å². The molecule has 0 unspecified atom stereocenters. The number of benzene rings is 1. The molecule has 4 N–H and O–H groups in total. The highest BCUT2D eigenvalue weighted by atomic mass is 35.5. The number of nitrogen functional groups attached to an aromatic ring is 1. The fourth-order valence-corrected chi connectivity index (χ4v) is 3.04. The molecule has 23 heavy (non-hydrogen) atoms. The summed E-state index contributed by atoms with van der Waals surface area (Å²) in [7, 11) is 0. The second-order valence-electron chi connectivity index (χ2n) is 4.43. The van der Waals surface area contributed by atoms with Gasteiger partial charge in [0, 0.05) is 11.3 Å². The lowest BCUT2D eigenvalue weighted by molar-refractivity contribution is -0.137. The molecule has 0 saturated carbocycles. The van der Waals surface area contributed by atoms with Crippen molar-refractivity contribution in [2.45, 2.75) is 11.9 Å². The molecule has 0 amide bonds. The van der Waals surface area contributed by atoms with E-state index in [-0.39, 0.29) is 38.0 Å². The predicted octanol–water partition coefficient (Wildman–Crippen LogP) is 3.84. The second-order valence-corrected chi connectivity index (χ2v) is 6.00. The summed E-state index contributed by atoms with van der Waals surface area (Å²) in [6, 6.07) is 1.48. The van der Waals surface area contributed by atoms with E-state index in [1.807, 2.05) is 0 Å². The van der Waals surface area contributed by atoms with Gasteiger partial charge < -0.3 is 11.5 Å². The second kappa shape index (κ2) is 6.39. The van der Waals surface area contributed by atoms with E-state index in [9.17, 15) is 13.2 Å². The molecule has 0 aliphatic heterocycles. The third-order valence-electron chi connectivity index (χ3n) is 2.97. The molecule has 0 saturated heterocycles. The third-order valence-corrected chi connectivity index (χ3v) is 4.06. The van der Waals surface area contributed by atoms with Crippen LogP contribution in [0, 0.1) is 0 Å². The fraction of sp³-hybridized carbons (Fsp3) is 0.167. The van der Waals surface area contributed by atoms with Crippen LogP contribution in [0.5, 0.6) is 0 Å². The zero-order valence-corrected chi connectivity index (χ0v) is 14.4. The lowest BCUT2D eigenvalue weighted by atomic mass is 10.2. The highest BCUT2D eigenvalue weighted by Gasteiger charge is 2.32. The maximum absolute atomic E-state index is 12.8. The van der Waals surface area contributed by atoms with Gasteiger partial charge in [-0.2, -0.15) is 30.9 Å². The van der Waals surface area contributed by atoms with Crippen molar-refractivity contribution < 1.29 is 13.2 Å². The Morgan fingerprint density at radius 1 is 1.30 bits per heavy atom. The largest absolute Gasteiger partial charge is 0.416 e. The molecule has 2 aromatic rings. The summed E-state index contributed by atoms with van der Waals surface area (Å²) in [4.78, 5) is -0.0290. The van der Waals surface area contributed by atoms with E-state index in [1.54, 1.807) is 0 Å². The summed E-state index contributed by atoms with van der Waals surface area (Å²) in [6.45, 7) is 0. The monoisotopic (exact) mass is 400 g/mol. The number of thiocarbonyl (C=S) groups is 1. The van der Waals surface area contributed by atoms with Gasteiger partial charge >= 0.3 is 6.18 Å². The zero-order valence-electron chi connectivity index (χ0n) is 11.2. The van der Waals surface area contributed by atoms with Crippen LogP contribution in [0.25, 0.3) is 5.69 Å². The molecule has 1 aromatic carbocycles. The number of nitrogens with two attached hydrogens (primary N) is 2. The number of hydrogen-bond donors (Lipinski definition) is 3. The maximum atomic E-state index is 12.8. The van der Waals surface area contributed by atoms with Crippen LogP contribution in [-0.2, 0) is 11.9 Å². The van der Waals surface area contributed by atoms with Crippen LogP contribution in [0.3, 0.4) is 0 Å². The van der Waals surface area contributed by atoms with E-state index in [4.69, 9.17) is 46.9 Å². The van der Waals surface area contributed by atoms with Gasteiger partial charge in [-0.3, -0.25) is 0 Å². The first kappa shape index (κ1) is 18.2. The molecule has 0 aliphatic carbocycles. The molecule has 11 heteroatoms. The topological polar surface area (TPSA) is 69.9 Å². The molecular formula is C12H9Cl2F3N4S2. The van der Waals surface area contributed by atoms with E-state index in [0.29, 0.717) is 5.56 Å². The molecule has 1 heterocycles. The van der Waals surface area contributed by atoms with Crippen molar-refractivity contribution in [2.75, 3.05) is 5.73 Å². The molecule has 0 atom stereocenters. The third kappa shape index (κ3) is 3.37. The van der Waals surface area contributed by atoms with Crippen LogP contribution in [0.15, 0.2) is 12.1 Å². The molecular weight excluding hydrogens is 392 g/mol. The van der Waals surface area contributed by atoms with Crippen molar-refractivity contribution in [1.82, 2.24) is 9.78 Å². The van der Waals surface area contributed by atoms with Gasteiger partial charge in [-0.25, -0.2) is 4.68 Å². The highest BCUT2D eigenvalue weighted by molar-refractivity contribution is 7.80. The standard InChI is InChI=1S/C12H9Cl2F3N4S2/c13-6-1-4(12(15,16)17)2-7(14)9(6)21-10(18)5(3-22)8(20-21)11(19)23/h1-2,22H,3,18H2,(H2,19,23). The Balaban J connectivity index is 2.71. The minimum Gasteiger partial charge on any atom is -0.388 e. The Bertz CT molecular complexity index is 766. The van der Waals surface area contributed by atoms with Crippen molar-refractivity contribution >= 4 is 58.9 Å². The number of halogens is 5. The Kier molecular flexibility index (Phi) is 5.05. The van der Waals surface area contributed by atoms with Gasteiger partial charge in [0.05, 0.1) is 15.6 Å². The minimum atomic E-state index is -4.58. The average molecular weight is 401 g/mol. The number of hydrogen-bond acceptors (Lipinski definition) is 4. The number of rotatable bonds is 3. The first-order chi connectivity index (χ1) is 10.6. The first-order valence-electron chi connectivity index (χ1n) is 5.92. The summed E-state index contributed by atoms with van der Waals surface area (Å²) < 4.78 is 39.4. The van der Waals surface area contributed by atoms with E-state index < -0.39 is 11.7 Å². The summed E-state index contributed by atoms with van der Waals surface area (Å²) in [5, 5.41) is 3.56.